The molecule has 0 saturated carbocycles. The first kappa shape index (κ1) is 26.0. The molecule has 0 aliphatic carbocycles. The van der Waals surface area contributed by atoms with Gasteiger partial charge in [-0.15, -0.1) is 0 Å². The van der Waals surface area contributed by atoms with Crippen molar-refractivity contribution in [3.8, 4) is 6.07 Å². The lowest BCUT2D eigenvalue weighted by molar-refractivity contribution is -0.137. The van der Waals surface area contributed by atoms with Crippen molar-refractivity contribution in [2.45, 2.75) is 24.7 Å². The average molecular weight is 532 g/mol. The van der Waals surface area contributed by atoms with Gasteiger partial charge in [-0.25, -0.2) is 0 Å². The van der Waals surface area contributed by atoms with E-state index in [1.54, 1.807) is 41.3 Å². The highest BCUT2D eigenvalue weighted by molar-refractivity contribution is 6.42. The van der Waals surface area contributed by atoms with Crippen LogP contribution in [-0.4, -0.2) is 41.9 Å². The van der Waals surface area contributed by atoms with Crippen molar-refractivity contribution in [2.75, 3.05) is 20.1 Å². The molecule has 2 atom stereocenters. The summed E-state index contributed by atoms with van der Waals surface area (Å²) < 4.78 is 38.8. The summed E-state index contributed by atoms with van der Waals surface area (Å²) in [6, 6.07) is 18.9. The lowest BCUT2D eigenvalue weighted by atomic mass is 9.93. The predicted octanol–water partition coefficient (Wildman–Crippen LogP) is 6.62. The Hall–Kier alpha value is -3.05. The molecule has 1 saturated heterocycles. The zero-order chi connectivity index (χ0) is 26.0. The number of benzene rings is 3. The van der Waals surface area contributed by atoms with Crippen molar-refractivity contribution >= 4 is 29.1 Å². The van der Waals surface area contributed by atoms with Gasteiger partial charge in [0.2, 0.25) is 0 Å². The van der Waals surface area contributed by atoms with E-state index in [9.17, 15) is 18.0 Å². The second-order valence-corrected chi connectivity index (χ2v) is 9.67. The maximum absolute atomic E-state index is 13.3. The number of nitriles is 1. The number of alkyl halides is 3. The van der Waals surface area contributed by atoms with Crippen LogP contribution in [0.5, 0.6) is 0 Å². The van der Waals surface area contributed by atoms with Gasteiger partial charge in [-0.2, -0.15) is 18.4 Å². The summed E-state index contributed by atoms with van der Waals surface area (Å²) in [6.45, 7) is 1.25. The molecular weight excluding hydrogens is 510 g/mol. The van der Waals surface area contributed by atoms with Crippen LogP contribution in [0.3, 0.4) is 0 Å². The molecule has 0 radical (unpaired) electrons. The molecule has 1 unspecified atom stereocenters. The summed E-state index contributed by atoms with van der Waals surface area (Å²) in [5.41, 5.74) is 1.91. The molecular formula is C27H22Cl2F3N3O. The molecule has 0 aromatic heterocycles. The second kappa shape index (κ2) is 10.5. The van der Waals surface area contributed by atoms with E-state index in [-0.39, 0.29) is 17.9 Å². The number of hydrogen-bond donors (Lipinski definition) is 0. The van der Waals surface area contributed by atoms with Gasteiger partial charge < -0.3 is 4.90 Å². The molecule has 186 valence electrons. The van der Waals surface area contributed by atoms with Crippen LogP contribution in [0.4, 0.5) is 13.2 Å². The molecule has 1 aliphatic rings. The van der Waals surface area contributed by atoms with E-state index < -0.39 is 11.7 Å². The first-order valence-electron chi connectivity index (χ1n) is 11.2. The largest absolute Gasteiger partial charge is 0.416 e. The Morgan fingerprint density at radius 1 is 1.03 bits per heavy atom. The van der Waals surface area contributed by atoms with Gasteiger partial charge in [0.05, 0.1) is 27.2 Å². The summed E-state index contributed by atoms with van der Waals surface area (Å²) in [5, 5.41) is 9.87. The van der Waals surface area contributed by atoms with Crippen molar-refractivity contribution in [1.82, 2.24) is 9.80 Å². The molecule has 4 nitrogen and oxygen atoms in total. The summed E-state index contributed by atoms with van der Waals surface area (Å²) in [5.74, 6) is -0.253. The third-order valence-corrected chi connectivity index (χ3v) is 7.23. The first-order chi connectivity index (χ1) is 17.1. The summed E-state index contributed by atoms with van der Waals surface area (Å²) in [4.78, 5) is 17.1. The molecule has 9 heteroatoms. The van der Waals surface area contributed by atoms with E-state index in [4.69, 9.17) is 28.5 Å². The number of nitrogens with zero attached hydrogens (tertiary/aromatic N) is 3. The topological polar surface area (TPSA) is 47.3 Å². The van der Waals surface area contributed by atoms with Crippen LogP contribution in [0, 0.1) is 11.3 Å². The molecule has 4 rings (SSSR count). The van der Waals surface area contributed by atoms with Gasteiger partial charge >= 0.3 is 6.18 Å². The van der Waals surface area contributed by atoms with Gasteiger partial charge in [0.1, 0.15) is 0 Å². The van der Waals surface area contributed by atoms with E-state index in [1.807, 2.05) is 24.1 Å². The van der Waals surface area contributed by atoms with Crippen molar-refractivity contribution < 1.29 is 18.0 Å². The summed E-state index contributed by atoms with van der Waals surface area (Å²) in [7, 11) is 1.89. The predicted molar refractivity (Wildman–Crippen MR) is 133 cm³/mol. The number of likely N-dealkylation sites (tertiary alicyclic amines) is 1. The number of amides is 1. The molecule has 1 amide bonds. The highest BCUT2D eigenvalue weighted by Crippen LogP contribution is 2.35. The highest BCUT2D eigenvalue weighted by Gasteiger charge is 2.39. The fraction of sp³-hybridized carbons (Fsp3) is 0.259. The Morgan fingerprint density at radius 2 is 1.69 bits per heavy atom. The lowest BCUT2D eigenvalue weighted by Gasteiger charge is -2.29. The number of carbonyl (C=O) groups is 1. The van der Waals surface area contributed by atoms with Gasteiger partial charge in [0.15, 0.2) is 0 Å². The van der Waals surface area contributed by atoms with Gasteiger partial charge in [0, 0.05) is 37.2 Å². The Kier molecular flexibility index (Phi) is 7.60. The van der Waals surface area contributed by atoms with Crippen LogP contribution in [0.1, 0.15) is 38.5 Å². The van der Waals surface area contributed by atoms with E-state index in [2.05, 4.69) is 0 Å². The minimum absolute atomic E-state index is 0.0958. The van der Waals surface area contributed by atoms with Crippen LogP contribution in [-0.2, 0) is 12.7 Å². The lowest BCUT2D eigenvalue weighted by Crippen LogP contribution is -2.38. The molecule has 0 bridgehead atoms. The van der Waals surface area contributed by atoms with Gasteiger partial charge in [-0.05, 0) is 66.7 Å². The number of likely N-dealkylation sites (N-methyl/N-ethyl adjacent to an activating group) is 1. The van der Waals surface area contributed by atoms with Crippen molar-refractivity contribution in [3.05, 3.63) is 105 Å². The zero-order valence-electron chi connectivity index (χ0n) is 19.3. The van der Waals surface area contributed by atoms with Crippen LogP contribution >= 0.6 is 23.2 Å². The Bertz CT molecular complexity index is 1290. The van der Waals surface area contributed by atoms with Gasteiger partial charge in [-0.1, -0.05) is 41.4 Å². The number of rotatable bonds is 5. The smallest absolute Gasteiger partial charge is 0.336 e. The third kappa shape index (κ3) is 5.67. The maximum atomic E-state index is 13.3. The van der Waals surface area contributed by atoms with Crippen LogP contribution in [0.15, 0.2) is 66.7 Å². The molecule has 1 fully saturated rings. The minimum atomic E-state index is -4.39. The van der Waals surface area contributed by atoms with E-state index >= 15 is 0 Å². The monoisotopic (exact) mass is 531 g/mol. The molecule has 1 aliphatic heterocycles. The fourth-order valence-corrected chi connectivity index (χ4v) is 4.85. The summed E-state index contributed by atoms with van der Waals surface area (Å²) >= 11 is 12.4. The zero-order valence-corrected chi connectivity index (χ0v) is 20.8. The molecule has 0 spiro atoms. The Labute approximate surface area is 217 Å². The SMILES string of the molecule is CN(Cc1ccc(C(F)(F)F)cc1)C1CN(C(=O)c2ccc(C#N)cc2)C[C@@H]1c1ccc(Cl)c(Cl)c1. The third-order valence-electron chi connectivity index (χ3n) is 6.49. The van der Waals surface area contributed by atoms with Gasteiger partial charge in [-0.3, -0.25) is 9.69 Å². The number of carbonyl (C=O) groups excluding carboxylic acids is 1. The fourth-order valence-electron chi connectivity index (χ4n) is 4.54. The normalized spacial score (nSPS) is 17.9. The number of halogens is 5. The summed E-state index contributed by atoms with van der Waals surface area (Å²) in [6.07, 6.45) is -4.39. The molecule has 1 heterocycles. The van der Waals surface area contributed by atoms with Crippen LogP contribution in [0.2, 0.25) is 10.0 Å². The molecule has 3 aromatic carbocycles. The average Bonchev–Trinajstić information content (AvgIpc) is 3.31. The standard InChI is InChI=1S/C27H22Cl2F3N3O/c1-34(14-18-4-9-21(10-5-18)27(30,31)32)25-16-35(26(36)19-6-2-17(13-33)3-7-19)15-22(25)20-8-11-23(28)24(29)12-20/h2-12,22,25H,14-16H2,1H3/t22-,25?/m1/s1. The van der Waals surface area contributed by atoms with E-state index in [0.29, 0.717) is 40.8 Å². The van der Waals surface area contributed by atoms with Crippen molar-refractivity contribution in [1.29, 1.82) is 5.26 Å². The van der Waals surface area contributed by atoms with Gasteiger partial charge in [0.25, 0.3) is 5.91 Å². The van der Waals surface area contributed by atoms with Crippen molar-refractivity contribution in [2.24, 2.45) is 0 Å². The van der Waals surface area contributed by atoms with E-state index in [0.717, 1.165) is 23.3 Å². The quantitative estimate of drug-likeness (QED) is 0.371. The molecule has 3 aromatic rings. The Morgan fingerprint density at radius 3 is 2.28 bits per heavy atom. The Balaban J connectivity index is 1.59. The molecule has 0 N–H and O–H groups in total. The van der Waals surface area contributed by atoms with Crippen LogP contribution in [0.25, 0.3) is 0 Å². The second-order valence-electron chi connectivity index (χ2n) is 8.86. The van der Waals surface area contributed by atoms with Crippen molar-refractivity contribution in [3.63, 3.8) is 0 Å². The minimum Gasteiger partial charge on any atom is -0.336 e. The highest BCUT2D eigenvalue weighted by atomic mass is 35.5. The first-order valence-corrected chi connectivity index (χ1v) is 11.9. The number of hydrogen-bond acceptors (Lipinski definition) is 3. The van der Waals surface area contributed by atoms with Crippen LogP contribution < -0.4 is 0 Å². The molecule has 36 heavy (non-hydrogen) atoms. The van der Waals surface area contributed by atoms with E-state index in [1.165, 1.54) is 12.1 Å². The maximum Gasteiger partial charge on any atom is 0.416 e.